The zero-order valence-electron chi connectivity index (χ0n) is 18.2. The monoisotopic (exact) mass is 434 g/mol. The number of halogens is 1. The van der Waals surface area contributed by atoms with Gasteiger partial charge < -0.3 is 10.2 Å². The van der Waals surface area contributed by atoms with Gasteiger partial charge in [-0.15, -0.1) is 5.10 Å². The average Bonchev–Trinajstić information content (AvgIpc) is 3.53. The molecule has 1 aliphatic heterocycles. The maximum Gasteiger partial charge on any atom is 0.295 e. The van der Waals surface area contributed by atoms with Gasteiger partial charge in [-0.1, -0.05) is 6.07 Å². The van der Waals surface area contributed by atoms with Crippen molar-refractivity contribution in [3.8, 4) is 5.69 Å². The van der Waals surface area contributed by atoms with Crippen LogP contribution >= 0.6 is 0 Å². The number of anilines is 2. The summed E-state index contributed by atoms with van der Waals surface area (Å²) in [6.45, 7) is 7.14. The highest BCUT2D eigenvalue weighted by Crippen LogP contribution is 2.30. The van der Waals surface area contributed by atoms with Crippen LogP contribution in [0.5, 0.6) is 0 Å². The van der Waals surface area contributed by atoms with Crippen molar-refractivity contribution in [2.24, 2.45) is 5.92 Å². The van der Waals surface area contributed by atoms with E-state index in [0.29, 0.717) is 17.2 Å². The van der Waals surface area contributed by atoms with Gasteiger partial charge in [0.25, 0.3) is 5.91 Å². The summed E-state index contributed by atoms with van der Waals surface area (Å²) < 4.78 is 14.7. The minimum Gasteiger partial charge on any atom is -0.369 e. The number of nitrogens with one attached hydrogen (secondary N) is 1. The van der Waals surface area contributed by atoms with Crippen molar-refractivity contribution in [1.29, 1.82) is 0 Å². The van der Waals surface area contributed by atoms with Crippen molar-refractivity contribution in [2.45, 2.75) is 19.8 Å². The Bertz CT molecular complexity index is 1100. The molecule has 3 aromatic rings. The second-order valence-corrected chi connectivity index (χ2v) is 8.61. The number of benzene rings is 2. The smallest absolute Gasteiger partial charge is 0.295 e. The van der Waals surface area contributed by atoms with E-state index in [1.165, 1.54) is 36.2 Å². The zero-order chi connectivity index (χ0) is 22.1. The fourth-order valence-electron chi connectivity index (χ4n) is 4.13. The largest absolute Gasteiger partial charge is 0.369 e. The number of hydrogen-bond acceptors (Lipinski definition) is 5. The predicted octanol–water partition coefficient (Wildman–Crippen LogP) is 3.50. The molecule has 166 valence electrons. The lowest BCUT2D eigenvalue weighted by molar-refractivity contribution is 0.101. The number of hydrogen-bond donors (Lipinski definition) is 1. The van der Waals surface area contributed by atoms with Gasteiger partial charge in [-0.25, -0.2) is 14.1 Å². The molecule has 1 saturated carbocycles. The predicted molar refractivity (Wildman–Crippen MR) is 122 cm³/mol. The average molecular weight is 435 g/mol. The Morgan fingerprint density at radius 2 is 1.81 bits per heavy atom. The van der Waals surface area contributed by atoms with Crippen LogP contribution in [-0.2, 0) is 0 Å². The van der Waals surface area contributed by atoms with Gasteiger partial charge in [0.15, 0.2) is 0 Å². The van der Waals surface area contributed by atoms with E-state index in [4.69, 9.17) is 0 Å². The molecule has 1 aliphatic carbocycles. The molecular formula is C24H27FN6O. The van der Waals surface area contributed by atoms with Gasteiger partial charge >= 0.3 is 0 Å². The van der Waals surface area contributed by atoms with E-state index in [1.54, 1.807) is 19.1 Å². The number of piperazine rings is 1. The molecule has 0 atom stereocenters. The number of amides is 1. The first-order valence-electron chi connectivity index (χ1n) is 11.1. The van der Waals surface area contributed by atoms with Crippen LogP contribution in [0.1, 0.15) is 29.3 Å². The van der Waals surface area contributed by atoms with Gasteiger partial charge in [0, 0.05) is 44.1 Å². The highest BCUT2D eigenvalue weighted by molar-refractivity contribution is 6.01. The molecule has 0 spiro atoms. The Morgan fingerprint density at radius 1 is 1.06 bits per heavy atom. The lowest BCUT2D eigenvalue weighted by Gasteiger charge is -2.36. The summed E-state index contributed by atoms with van der Waals surface area (Å²) in [4.78, 5) is 22.0. The minimum absolute atomic E-state index is 0.0749. The Kier molecular flexibility index (Phi) is 5.61. The number of carbonyl (C=O) groups excluding carboxylic acids is 1. The second kappa shape index (κ2) is 8.70. The molecule has 1 amide bonds. The molecule has 32 heavy (non-hydrogen) atoms. The molecule has 1 aromatic heterocycles. The van der Waals surface area contributed by atoms with E-state index in [2.05, 4.69) is 31.3 Å². The number of carbonyl (C=O) groups is 1. The van der Waals surface area contributed by atoms with Crippen molar-refractivity contribution in [1.82, 2.24) is 19.7 Å². The normalized spacial score (nSPS) is 16.9. The van der Waals surface area contributed by atoms with Crippen LogP contribution in [0.2, 0.25) is 0 Å². The Morgan fingerprint density at radius 3 is 2.53 bits per heavy atom. The summed E-state index contributed by atoms with van der Waals surface area (Å²) in [5.74, 6) is 0.850. The Labute approximate surface area is 186 Å². The topological polar surface area (TPSA) is 66.3 Å². The summed E-state index contributed by atoms with van der Waals surface area (Å²) >= 11 is 0. The van der Waals surface area contributed by atoms with E-state index in [1.807, 2.05) is 18.2 Å². The summed E-state index contributed by atoms with van der Waals surface area (Å²) in [5.41, 5.74) is 2.47. The highest BCUT2D eigenvalue weighted by atomic mass is 19.1. The van der Waals surface area contributed by atoms with E-state index in [-0.39, 0.29) is 17.5 Å². The standard InChI is InChI=1S/C24H27FN6O/c1-17-26-23(28-31(17)21-9-7-19(25)8-10-21)24(32)27-20-3-2-4-22(15-20)30-13-11-29(12-14-30)16-18-5-6-18/h2-4,7-10,15,18H,5-6,11-14,16H2,1H3,(H,27,32). The summed E-state index contributed by atoms with van der Waals surface area (Å²) in [6, 6.07) is 13.8. The van der Waals surface area contributed by atoms with Gasteiger partial charge in [0.2, 0.25) is 5.82 Å². The van der Waals surface area contributed by atoms with Crippen LogP contribution in [0, 0.1) is 18.7 Å². The third kappa shape index (κ3) is 4.65. The van der Waals surface area contributed by atoms with Gasteiger partial charge in [-0.3, -0.25) is 9.69 Å². The van der Waals surface area contributed by atoms with Gasteiger partial charge in [-0.05, 0) is 68.1 Å². The molecule has 2 aromatic carbocycles. The molecule has 1 N–H and O–H groups in total. The van der Waals surface area contributed by atoms with Gasteiger partial charge in [-0.2, -0.15) is 0 Å². The highest BCUT2D eigenvalue weighted by Gasteiger charge is 2.26. The van der Waals surface area contributed by atoms with Gasteiger partial charge in [0.05, 0.1) is 5.69 Å². The van der Waals surface area contributed by atoms with Crippen LogP contribution in [-0.4, -0.2) is 58.3 Å². The van der Waals surface area contributed by atoms with E-state index >= 15 is 0 Å². The first kappa shape index (κ1) is 20.6. The number of nitrogens with zero attached hydrogens (tertiary/aromatic N) is 5. The first-order chi connectivity index (χ1) is 15.5. The molecule has 7 nitrogen and oxygen atoms in total. The molecular weight excluding hydrogens is 407 g/mol. The van der Waals surface area contributed by atoms with Crippen LogP contribution in [0.3, 0.4) is 0 Å². The number of aryl methyl sites for hydroxylation is 1. The first-order valence-corrected chi connectivity index (χ1v) is 11.1. The summed E-state index contributed by atoms with van der Waals surface area (Å²) in [6.07, 6.45) is 2.77. The third-order valence-corrected chi connectivity index (χ3v) is 6.10. The number of rotatable bonds is 6. The number of aromatic nitrogens is 3. The molecule has 0 bridgehead atoms. The molecule has 2 aliphatic rings. The third-order valence-electron chi connectivity index (χ3n) is 6.10. The molecule has 0 radical (unpaired) electrons. The molecule has 2 heterocycles. The van der Waals surface area contributed by atoms with Crippen LogP contribution in [0.25, 0.3) is 5.69 Å². The lowest BCUT2D eigenvalue weighted by atomic mass is 10.2. The van der Waals surface area contributed by atoms with Crippen molar-refractivity contribution in [3.63, 3.8) is 0 Å². The Balaban J connectivity index is 1.24. The molecule has 1 saturated heterocycles. The SMILES string of the molecule is Cc1nc(C(=O)Nc2cccc(N3CCN(CC4CC4)CC3)c2)nn1-c1ccc(F)cc1. The zero-order valence-corrected chi connectivity index (χ0v) is 18.2. The second-order valence-electron chi connectivity index (χ2n) is 8.61. The molecule has 0 unspecified atom stereocenters. The van der Waals surface area contributed by atoms with E-state index in [0.717, 1.165) is 37.8 Å². The minimum atomic E-state index is -0.375. The van der Waals surface area contributed by atoms with Gasteiger partial charge in [0.1, 0.15) is 11.6 Å². The molecule has 8 heteroatoms. The molecule has 5 rings (SSSR count). The van der Waals surface area contributed by atoms with Crippen LogP contribution in [0.4, 0.5) is 15.8 Å². The Hall–Kier alpha value is -3.26. The van der Waals surface area contributed by atoms with E-state index < -0.39 is 0 Å². The molecule has 2 fully saturated rings. The summed E-state index contributed by atoms with van der Waals surface area (Å²) in [7, 11) is 0. The lowest BCUT2D eigenvalue weighted by Crippen LogP contribution is -2.47. The maximum absolute atomic E-state index is 13.2. The maximum atomic E-state index is 13.2. The van der Waals surface area contributed by atoms with Crippen LogP contribution < -0.4 is 10.2 Å². The fraction of sp³-hybridized carbons (Fsp3) is 0.375. The quantitative estimate of drug-likeness (QED) is 0.643. The van der Waals surface area contributed by atoms with Crippen molar-refractivity contribution in [3.05, 3.63) is 66.0 Å². The fourth-order valence-corrected chi connectivity index (χ4v) is 4.13. The van der Waals surface area contributed by atoms with E-state index in [9.17, 15) is 9.18 Å². The van der Waals surface area contributed by atoms with Crippen molar-refractivity contribution in [2.75, 3.05) is 42.9 Å². The van der Waals surface area contributed by atoms with Crippen molar-refractivity contribution < 1.29 is 9.18 Å². The summed E-state index contributed by atoms with van der Waals surface area (Å²) in [5, 5.41) is 7.22. The van der Waals surface area contributed by atoms with Crippen molar-refractivity contribution >= 4 is 17.3 Å². The van der Waals surface area contributed by atoms with Crippen LogP contribution in [0.15, 0.2) is 48.5 Å².